The van der Waals surface area contributed by atoms with Crippen molar-refractivity contribution in [3.8, 4) is 0 Å². The third-order valence-corrected chi connectivity index (χ3v) is 5.47. The lowest BCUT2D eigenvalue weighted by molar-refractivity contribution is 0.140. The van der Waals surface area contributed by atoms with E-state index in [9.17, 15) is 0 Å². The van der Waals surface area contributed by atoms with Crippen LogP contribution in [0.2, 0.25) is 0 Å². The van der Waals surface area contributed by atoms with Gasteiger partial charge in [0.15, 0.2) is 0 Å². The first-order valence-electron chi connectivity index (χ1n) is 5.26. The maximum Gasteiger partial charge on any atom is 0.538 e. The molecule has 0 fully saturated rings. The van der Waals surface area contributed by atoms with Crippen molar-refractivity contribution in [1.29, 1.82) is 0 Å². The van der Waals surface area contributed by atoms with Gasteiger partial charge < -0.3 is 13.3 Å². The Labute approximate surface area is 102 Å². The zero-order valence-electron chi connectivity index (χ0n) is 10.1. The van der Waals surface area contributed by atoms with Gasteiger partial charge in [0.25, 0.3) is 0 Å². The molecule has 17 heavy (non-hydrogen) atoms. The molecule has 0 atom stereocenters. The van der Waals surface area contributed by atoms with Gasteiger partial charge in [-0.1, -0.05) is 24.3 Å². The van der Waals surface area contributed by atoms with E-state index in [0.29, 0.717) is 0 Å². The molecular weight excluding hydrogens is 234 g/mol. The normalized spacial score (nSPS) is 11.9. The van der Waals surface area contributed by atoms with E-state index in [1.165, 1.54) is 0 Å². The quantitative estimate of drug-likeness (QED) is 0.766. The van der Waals surface area contributed by atoms with Gasteiger partial charge in [0.1, 0.15) is 0 Å². The first-order chi connectivity index (χ1) is 8.27. The number of pyridine rings is 1. The highest BCUT2D eigenvalue weighted by Gasteiger charge is 2.42. The average Bonchev–Trinajstić information content (AvgIpc) is 2.41. The Morgan fingerprint density at radius 2 is 1.59 bits per heavy atom. The van der Waals surface area contributed by atoms with E-state index in [1.54, 1.807) is 27.5 Å². The van der Waals surface area contributed by atoms with E-state index in [2.05, 4.69) is 4.98 Å². The first kappa shape index (κ1) is 12.2. The van der Waals surface area contributed by atoms with Crippen molar-refractivity contribution in [3.63, 3.8) is 0 Å². The zero-order valence-corrected chi connectivity index (χ0v) is 11.1. The molecule has 0 unspecified atom stereocenters. The molecule has 0 amide bonds. The van der Waals surface area contributed by atoms with Crippen LogP contribution in [0, 0.1) is 0 Å². The molecule has 0 saturated carbocycles. The summed E-state index contributed by atoms with van der Waals surface area (Å²) in [4.78, 5) is 4.22. The number of hydrogen-bond donors (Lipinski definition) is 0. The largest absolute Gasteiger partial charge is 0.538 e. The lowest BCUT2D eigenvalue weighted by Gasteiger charge is -2.25. The number of nitrogens with zero attached hydrogens (tertiary/aromatic N) is 1. The predicted molar refractivity (Wildman–Crippen MR) is 68.2 cm³/mol. The van der Waals surface area contributed by atoms with E-state index >= 15 is 0 Å². The molecule has 0 N–H and O–H groups in total. The maximum atomic E-state index is 5.48. The van der Waals surface area contributed by atoms with E-state index in [0.717, 1.165) is 16.0 Å². The molecule has 1 aromatic carbocycles. The predicted octanol–water partition coefficient (Wildman–Crippen LogP) is 1.32. The van der Waals surface area contributed by atoms with Crippen molar-refractivity contribution in [2.24, 2.45) is 0 Å². The lowest BCUT2D eigenvalue weighted by Crippen LogP contribution is -2.55. The van der Waals surface area contributed by atoms with Crippen LogP contribution in [0.3, 0.4) is 0 Å². The molecule has 0 saturated heterocycles. The molecule has 0 radical (unpaired) electrons. The van der Waals surface area contributed by atoms with Gasteiger partial charge in [0, 0.05) is 44.3 Å². The van der Waals surface area contributed by atoms with E-state index in [4.69, 9.17) is 13.3 Å². The molecule has 5 heteroatoms. The fourth-order valence-electron chi connectivity index (χ4n) is 1.94. The molecule has 0 spiro atoms. The van der Waals surface area contributed by atoms with E-state index < -0.39 is 8.80 Å². The molecule has 2 aromatic rings. The Hall–Kier alpha value is -1.27. The highest BCUT2D eigenvalue weighted by Crippen LogP contribution is 2.15. The van der Waals surface area contributed by atoms with Crippen LogP contribution in [-0.4, -0.2) is 35.1 Å². The van der Waals surface area contributed by atoms with Crippen molar-refractivity contribution in [2.75, 3.05) is 21.3 Å². The number of hydrogen-bond acceptors (Lipinski definition) is 4. The van der Waals surface area contributed by atoms with E-state index in [-0.39, 0.29) is 0 Å². The van der Waals surface area contributed by atoms with Crippen LogP contribution in [-0.2, 0) is 13.3 Å². The lowest BCUT2D eigenvalue weighted by atomic mass is 10.2. The number of aromatic nitrogens is 1. The number of rotatable bonds is 4. The smallest absolute Gasteiger partial charge is 0.373 e. The van der Waals surface area contributed by atoms with Crippen LogP contribution >= 0.6 is 0 Å². The summed E-state index contributed by atoms with van der Waals surface area (Å²) >= 11 is 0. The second-order valence-corrected chi connectivity index (χ2v) is 6.45. The molecular formula is C12H15NO3Si. The van der Waals surface area contributed by atoms with E-state index in [1.807, 2.05) is 30.5 Å². The number of benzene rings is 1. The minimum absolute atomic E-state index is 0.892. The molecule has 1 heterocycles. The fourth-order valence-corrected chi connectivity index (χ4v) is 3.89. The topological polar surface area (TPSA) is 40.6 Å². The van der Waals surface area contributed by atoms with Gasteiger partial charge in [-0.2, -0.15) is 0 Å². The molecule has 4 nitrogen and oxygen atoms in total. The Bertz CT molecular complexity index is 500. The highest BCUT2D eigenvalue weighted by atomic mass is 28.4. The fraction of sp³-hybridized carbons (Fsp3) is 0.250. The van der Waals surface area contributed by atoms with Crippen LogP contribution in [0.5, 0.6) is 0 Å². The van der Waals surface area contributed by atoms with Gasteiger partial charge in [-0.05, 0) is 5.39 Å². The number of fused-ring (bicyclic) bond motifs is 1. The zero-order chi connectivity index (χ0) is 12.3. The Balaban J connectivity index is 2.69. The van der Waals surface area contributed by atoms with Crippen LogP contribution < -0.4 is 5.19 Å². The van der Waals surface area contributed by atoms with Crippen LogP contribution in [0.15, 0.2) is 36.7 Å². The maximum absolute atomic E-state index is 5.48. The minimum Gasteiger partial charge on any atom is -0.373 e. The minimum atomic E-state index is -2.82. The summed E-state index contributed by atoms with van der Waals surface area (Å²) in [7, 11) is 1.97. The third-order valence-electron chi connectivity index (χ3n) is 2.80. The van der Waals surface area contributed by atoms with Crippen molar-refractivity contribution < 1.29 is 13.3 Å². The molecule has 2 rings (SSSR count). The molecule has 0 aliphatic rings. The summed E-state index contributed by atoms with van der Waals surface area (Å²) in [6, 6.07) is 7.98. The summed E-state index contributed by atoms with van der Waals surface area (Å²) < 4.78 is 16.5. The summed E-state index contributed by atoms with van der Waals surface area (Å²) in [5.74, 6) is 0. The van der Waals surface area contributed by atoms with Gasteiger partial charge >= 0.3 is 8.80 Å². The van der Waals surface area contributed by atoms with Gasteiger partial charge in [0.05, 0.1) is 0 Å². The second kappa shape index (κ2) is 4.93. The van der Waals surface area contributed by atoms with Gasteiger partial charge in [-0.15, -0.1) is 0 Å². The standard InChI is InChI=1S/C12H15NO3Si/c1-14-17(15-2,16-3)12-9-13-8-10-6-4-5-7-11(10)12/h4-9H,1-3H3. The molecule has 90 valence electrons. The molecule has 1 aromatic heterocycles. The SMILES string of the molecule is CO[Si](OC)(OC)c1cncc2ccccc12. The Morgan fingerprint density at radius 1 is 0.941 bits per heavy atom. The average molecular weight is 249 g/mol. The molecule has 0 bridgehead atoms. The van der Waals surface area contributed by atoms with Crippen molar-refractivity contribution in [1.82, 2.24) is 4.98 Å². The first-order valence-corrected chi connectivity index (χ1v) is 6.98. The van der Waals surface area contributed by atoms with Crippen LogP contribution in [0.4, 0.5) is 0 Å². The highest BCUT2D eigenvalue weighted by molar-refractivity contribution is 6.77. The van der Waals surface area contributed by atoms with Crippen molar-refractivity contribution >= 4 is 24.8 Å². The second-order valence-electron chi connectivity index (χ2n) is 3.58. The molecule has 0 aliphatic carbocycles. The monoisotopic (exact) mass is 249 g/mol. The van der Waals surface area contributed by atoms with Crippen molar-refractivity contribution in [2.45, 2.75) is 0 Å². The van der Waals surface area contributed by atoms with Crippen LogP contribution in [0.1, 0.15) is 0 Å². The van der Waals surface area contributed by atoms with Gasteiger partial charge in [-0.25, -0.2) is 0 Å². The van der Waals surface area contributed by atoms with Gasteiger partial charge in [-0.3, -0.25) is 4.98 Å². The Morgan fingerprint density at radius 3 is 2.24 bits per heavy atom. The van der Waals surface area contributed by atoms with Crippen molar-refractivity contribution in [3.05, 3.63) is 36.7 Å². The summed E-state index contributed by atoms with van der Waals surface area (Å²) in [5.41, 5.74) is 0. The Kier molecular flexibility index (Phi) is 3.53. The summed E-state index contributed by atoms with van der Waals surface area (Å²) in [5, 5.41) is 3.00. The summed E-state index contributed by atoms with van der Waals surface area (Å²) in [6.07, 6.45) is 3.57. The summed E-state index contributed by atoms with van der Waals surface area (Å²) in [6.45, 7) is 0. The van der Waals surface area contributed by atoms with Gasteiger partial charge in [0.2, 0.25) is 0 Å². The molecule has 0 aliphatic heterocycles. The van der Waals surface area contributed by atoms with Crippen LogP contribution in [0.25, 0.3) is 10.8 Å². The third kappa shape index (κ3) is 1.98.